The molecule has 2 fully saturated rings. The Morgan fingerprint density at radius 1 is 1.30 bits per heavy atom. The third kappa shape index (κ3) is 3.27. The number of nitro groups is 1. The van der Waals surface area contributed by atoms with Crippen molar-refractivity contribution in [3.8, 4) is 11.5 Å². The van der Waals surface area contributed by atoms with Gasteiger partial charge in [-0.1, -0.05) is 12.8 Å². The smallest absolute Gasteiger partial charge is 0.314 e. The van der Waals surface area contributed by atoms with Crippen LogP contribution < -0.4 is 4.74 Å². The van der Waals surface area contributed by atoms with Crippen LogP contribution in [-0.2, 0) is 6.54 Å². The number of ether oxygens (including phenoxy) is 1. The number of phenolic OH excluding ortho intramolecular Hbond substituents is 1. The van der Waals surface area contributed by atoms with Gasteiger partial charge in [0.05, 0.1) is 12.0 Å². The highest BCUT2D eigenvalue weighted by atomic mass is 16.6. The zero-order valence-corrected chi connectivity index (χ0v) is 13.5. The maximum Gasteiger partial charge on any atom is 0.314 e. The summed E-state index contributed by atoms with van der Waals surface area (Å²) in [5.74, 6) is 0.549. The minimum Gasteiger partial charge on any atom is -0.500 e. The third-order valence-corrected chi connectivity index (χ3v) is 5.28. The first kappa shape index (κ1) is 16.1. The molecule has 0 radical (unpaired) electrons. The van der Waals surface area contributed by atoms with Crippen molar-refractivity contribution in [2.45, 2.75) is 51.1 Å². The minimum atomic E-state index is -0.555. The normalized spacial score (nSPS) is 24.9. The summed E-state index contributed by atoms with van der Waals surface area (Å²) in [7, 11) is 1.42. The summed E-state index contributed by atoms with van der Waals surface area (Å²) in [5.41, 5.74) is 0.550. The fraction of sp³-hybridized carbons (Fsp3) is 0.647. The summed E-state index contributed by atoms with van der Waals surface area (Å²) in [4.78, 5) is 13.0. The van der Waals surface area contributed by atoms with E-state index in [4.69, 9.17) is 4.74 Å². The molecule has 6 nitrogen and oxygen atoms in total. The second-order valence-corrected chi connectivity index (χ2v) is 6.65. The highest BCUT2D eigenvalue weighted by Gasteiger charge is 2.33. The fourth-order valence-electron chi connectivity index (χ4n) is 4.19. The first-order chi connectivity index (χ1) is 11.1. The zero-order chi connectivity index (χ0) is 16.4. The molecular weight excluding hydrogens is 296 g/mol. The molecule has 2 unspecified atom stereocenters. The average Bonchev–Trinajstić information content (AvgIpc) is 2.56. The Labute approximate surface area is 136 Å². The Kier molecular flexibility index (Phi) is 4.71. The molecule has 1 aromatic rings. The molecule has 0 spiro atoms. The lowest BCUT2D eigenvalue weighted by Gasteiger charge is -2.44. The van der Waals surface area contributed by atoms with Gasteiger partial charge in [-0.25, -0.2) is 0 Å². The molecule has 3 rings (SSSR count). The van der Waals surface area contributed by atoms with Crippen LogP contribution in [0.2, 0.25) is 0 Å². The van der Waals surface area contributed by atoms with E-state index in [1.165, 1.54) is 51.7 Å². The molecule has 1 saturated heterocycles. The van der Waals surface area contributed by atoms with E-state index in [2.05, 4.69) is 4.90 Å². The number of rotatable bonds is 4. The zero-order valence-electron chi connectivity index (χ0n) is 13.5. The van der Waals surface area contributed by atoms with Gasteiger partial charge in [0, 0.05) is 18.7 Å². The summed E-state index contributed by atoms with van der Waals surface area (Å²) < 4.78 is 5.10. The van der Waals surface area contributed by atoms with Gasteiger partial charge in [-0.3, -0.25) is 15.0 Å². The predicted molar refractivity (Wildman–Crippen MR) is 86.7 cm³/mol. The van der Waals surface area contributed by atoms with Crippen molar-refractivity contribution in [1.29, 1.82) is 0 Å². The summed E-state index contributed by atoms with van der Waals surface area (Å²) in [5, 5.41) is 21.0. The van der Waals surface area contributed by atoms with E-state index >= 15 is 0 Å². The quantitative estimate of drug-likeness (QED) is 0.679. The van der Waals surface area contributed by atoms with Crippen LogP contribution in [-0.4, -0.2) is 34.6 Å². The van der Waals surface area contributed by atoms with Crippen molar-refractivity contribution in [3.05, 3.63) is 27.8 Å². The molecule has 0 amide bonds. The van der Waals surface area contributed by atoms with Crippen molar-refractivity contribution in [2.24, 2.45) is 5.92 Å². The van der Waals surface area contributed by atoms with E-state index < -0.39 is 10.7 Å². The molecule has 2 atom stereocenters. The largest absolute Gasteiger partial charge is 0.500 e. The van der Waals surface area contributed by atoms with E-state index in [1.54, 1.807) is 6.07 Å². The number of aromatic hydroxyl groups is 1. The molecule has 1 saturated carbocycles. The van der Waals surface area contributed by atoms with Crippen LogP contribution in [0.1, 0.15) is 44.1 Å². The maximum absolute atomic E-state index is 11.1. The van der Waals surface area contributed by atoms with Crippen LogP contribution in [0.15, 0.2) is 12.1 Å². The first-order valence-electron chi connectivity index (χ1n) is 8.38. The van der Waals surface area contributed by atoms with Gasteiger partial charge in [0.15, 0.2) is 5.75 Å². The standard InChI is InChI=1S/C17H24N2O4/c1-23-16-10-12(9-15(17(16)20)19(21)22)11-18-8-4-6-13-5-2-3-7-14(13)18/h9-10,13-14,20H,2-8,11H2,1H3. The van der Waals surface area contributed by atoms with Gasteiger partial charge in [0.2, 0.25) is 5.75 Å². The summed E-state index contributed by atoms with van der Waals surface area (Å²) in [6, 6.07) is 3.79. The van der Waals surface area contributed by atoms with Crippen molar-refractivity contribution in [3.63, 3.8) is 0 Å². The molecular formula is C17H24N2O4. The van der Waals surface area contributed by atoms with E-state index in [9.17, 15) is 15.2 Å². The highest BCUT2D eigenvalue weighted by Crippen LogP contribution is 2.39. The summed E-state index contributed by atoms with van der Waals surface area (Å²) >= 11 is 0. The molecule has 2 aliphatic rings. The van der Waals surface area contributed by atoms with Gasteiger partial charge in [-0.2, -0.15) is 0 Å². The maximum atomic E-state index is 11.1. The summed E-state index contributed by atoms with van der Waals surface area (Å²) in [6.07, 6.45) is 7.63. The van der Waals surface area contributed by atoms with E-state index in [0.29, 0.717) is 12.6 Å². The molecule has 126 valence electrons. The van der Waals surface area contributed by atoms with Gasteiger partial charge < -0.3 is 9.84 Å². The van der Waals surface area contributed by atoms with E-state index in [0.717, 1.165) is 18.0 Å². The van der Waals surface area contributed by atoms with Crippen LogP contribution in [0.5, 0.6) is 11.5 Å². The molecule has 23 heavy (non-hydrogen) atoms. The predicted octanol–water partition coefficient (Wildman–Crippen LogP) is 3.46. The van der Waals surface area contributed by atoms with Crippen molar-refractivity contribution in [2.75, 3.05) is 13.7 Å². The number of nitro benzene ring substituents is 1. The number of hydrogen-bond donors (Lipinski definition) is 1. The topological polar surface area (TPSA) is 75.8 Å². The SMILES string of the molecule is COc1cc(CN2CCCC3CCCCC32)cc([N+](=O)[O-])c1O. The monoisotopic (exact) mass is 320 g/mol. The second-order valence-electron chi connectivity index (χ2n) is 6.65. The Bertz CT molecular complexity index is 588. The number of fused-ring (bicyclic) bond motifs is 1. The highest BCUT2D eigenvalue weighted by molar-refractivity contribution is 5.57. The van der Waals surface area contributed by atoms with Crippen LogP contribution in [0.4, 0.5) is 5.69 Å². The Balaban J connectivity index is 1.84. The second kappa shape index (κ2) is 6.74. The number of phenols is 1. The van der Waals surface area contributed by atoms with Crippen LogP contribution in [0, 0.1) is 16.0 Å². The Morgan fingerprint density at radius 3 is 2.78 bits per heavy atom. The summed E-state index contributed by atoms with van der Waals surface area (Å²) in [6.45, 7) is 1.72. The Morgan fingerprint density at radius 2 is 2.04 bits per heavy atom. The molecule has 0 aromatic heterocycles. The molecule has 1 heterocycles. The van der Waals surface area contributed by atoms with E-state index in [1.807, 2.05) is 0 Å². The lowest BCUT2D eigenvalue weighted by molar-refractivity contribution is -0.386. The van der Waals surface area contributed by atoms with Gasteiger partial charge in [-0.05, 0) is 49.8 Å². The van der Waals surface area contributed by atoms with Crippen LogP contribution in [0.25, 0.3) is 0 Å². The van der Waals surface area contributed by atoms with E-state index in [-0.39, 0.29) is 11.4 Å². The van der Waals surface area contributed by atoms with Crippen LogP contribution in [0.3, 0.4) is 0 Å². The number of hydrogen-bond acceptors (Lipinski definition) is 5. The number of likely N-dealkylation sites (tertiary alicyclic amines) is 1. The lowest BCUT2D eigenvalue weighted by atomic mass is 9.78. The molecule has 1 aliphatic carbocycles. The molecule has 1 aromatic carbocycles. The van der Waals surface area contributed by atoms with Gasteiger partial charge in [0.1, 0.15) is 0 Å². The number of methoxy groups -OCH3 is 1. The average molecular weight is 320 g/mol. The van der Waals surface area contributed by atoms with Crippen LogP contribution >= 0.6 is 0 Å². The molecule has 1 aliphatic heterocycles. The third-order valence-electron chi connectivity index (χ3n) is 5.28. The van der Waals surface area contributed by atoms with Gasteiger partial charge in [-0.15, -0.1) is 0 Å². The lowest BCUT2D eigenvalue weighted by Crippen LogP contribution is -2.46. The molecule has 0 bridgehead atoms. The Hall–Kier alpha value is -1.82. The van der Waals surface area contributed by atoms with Crippen molar-refractivity contribution in [1.82, 2.24) is 4.90 Å². The van der Waals surface area contributed by atoms with Crippen molar-refractivity contribution >= 4 is 5.69 Å². The molecule has 6 heteroatoms. The van der Waals surface area contributed by atoms with Crippen molar-refractivity contribution < 1.29 is 14.8 Å². The number of piperidine rings is 1. The number of nitrogens with zero attached hydrogens (tertiary/aromatic N) is 2. The number of benzene rings is 1. The van der Waals surface area contributed by atoms with Gasteiger partial charge in [0.25, 0.3) is 0 Å². The van der Waals surface area contributed by atoms with Gasteiger partial charge >= 0.3 is 5.69 Å². The fourth-order valence-corrected chi connectivity index (χ4v) is 4.19. The minimum absolute atomic E-state index is 0.173. The molecule has 1 N–H and O–H groups in total. The first-order valence-corrected chi connectivity index (χ1v) is 8.38.